The van der Waals surface area contributed by atoms with Crippen LogP contribution in [0.4, 0.5) is 0 Å². The monoisotopic (exact) mass is 488 g/mol. The lowest BCUT2D eigenvalue weighted by molar-refractivity contribution is 0.296. The highest BCUT2D eigenvalue weighted by Gasteiger charge is 2.34. The maximum absolute atomic E-state index is 5.63. The molecule has 5 nitrogen and oxygen atoms in total. The Hall–Kier alpha value is -1.09. The maximum Gasteiger partial charge on any atom is 0.214 e. The van der Waals surface area contributed by atoms with Gasteiger partial charge in [0.05, 0.1) is 12.2 Å². The SMILES string of the molecule is CN=C(NCc1nc(C)c(C)o1)NCC1(c2cccs2)CCCCC1.I. The Labute approximate surface area is 177 Å². The summed E-state index contributed by atoms with van der Waals surface area (Å²) in [5.41, 5.74) is 1.18. The van der Waals surface area contributed by atoms with Crippen LogP contribution in [0, 0.1) is 13.8 Å². The first-order chi connectivity index (χ1) is 12.1. The highest BCUT2D eigenvalue weighted by atomic mass is 127. The number of halogens is 1. The highest BCUT2D eigenvalue weighted by Crippen LogP contribution is 2.41. The zero-order chi connectivity index (χ0) is 17.7. The first-order valence-corrected chi connectivity index (χ1v) is 9.92. The molecule has 1 saturated carbocycles. The Bertz CT molecular complexity index is 686. The van der Waals surface area contributed by atoms with E-state index in [0.29, 0.717) is 12.4 Å². The predicted molar refractivity (Wildman–Crippen MR) is 119 cm³/mol. The minimum atomic E-state index is 0. The molecule has 7 heteroatoms. The van der Waals surface area contributed by atoms with E-state index in [4.69, 9.17) is 4.42 Å². The Morgan fingerprint density at radius 2 is 2.04 bits per heavy atom. The van der Waals surface area contributed by atoms with Gasteiger partial charge >= 0.3 is 0 Å². The van der Waals surface area contributed by atoms with Gasteiger partial charge in [-0.05, 0) is 38.1 Å². The van der Waals surface area contributed by atoms with E-state index >= 15 is 0 Å². The number of hydrogen-bond donors (Lipinski definition) is 2. The average molecular weight is 488 g/mol. The van der Waals surface area contributed by atoms with Crippen LogP contribution < -0.4 is 10.6 Å². The van der Waals surface area contributed by atoms with Crippen molar-refractivity contribution in [1.29, 1.82) is 0 Å². The topological polar surface area (TPSA) is 62.5 Å². The van der Waals surface area contributed by atoms with E-state index in [1.54, 1.807) is 7.05 Å². The van der Waals surface area contributed by atoms with Gasteiger partial charge in [0.2, 0.25) is 5.89 Å². The number of guanidine groups is 1. The van der Waals surface area contributed by atoms with E-state index in [1.165, 1.54) is 37.0 Å². The van der Waals surface area contributed by atoms with Gasteiger partial charge in [-0.3, -0.25) is 4.99 Å². The molecule has 2 aromatic heterocycles. The molecule has 3 rings (SSSR count). The summed E-state index contributed by atoms with van der Waals surface area (Å²) in [6.45, 7) is 5.35. The van der Waals surface area contributed by atoms with Crippen LogP contribution in [-0.2, 0) is 12.0 Å². The van der Waals surface area contributed by atoms with Crippen LogP contribution >= 0.6 is 35.3 Å². The van der Waals surface area contributed by atoms with Gasteiger partial charge in [-0.2, -0.15) is 0 Å². The third-order valence-corrected chi connectivity index (χ3v) is 6.27. The average Bonchev–Trinajstić information content (AvgIpc) is 3.27. The van der Waals surface area contributed by atoms with Crippen LogP contribution in [0.1, 0.15) is 54.3 Å². The zero-order valence-corrected chi connectivity index (χ0v) is 18.9. The third kappa shape index (κ3) is 5.00. The second-order valence-corrected chi connectivity index (χ2v) is 7.79. The molecule has 2 N–H and O–H groups in total. The smallest absolute Gasteiger partial charge is 0.214 e. The molecule has 1 aliphatic rings. The lowest BCUT2D eigenvalue weighted by Crippen LogP contribution is -2.46. The van der Waals surface area contributed by atoms with Crippen LogP contribution in [0.25, 0.3) is 0 Å². The van der Waals surface area contributed by atoms with E-state index < -0.39 is 0 Å². The van der Waals surface area contributed by atoms with Crippen LogP contribution in [0.3, 0.4) is 0 Å². The first-order valence-electron chi connectivity index (χ1n) is 9.04. The maximum atomic E-state index is 5.63. The second kappa shape index (κ2) is 9.73. The number of nitrogens with one attached hydrogen (secondary N) is 2. The summed E-state index contributed by atoms with van der Waals surface area (Å²) < 4.78 is 5.63. The molecule has 0 atom stereocenters. The molecule has 1 aliphatic carbocycles. The molecule has 0 aromatic carbocycles. The van der Waals surface area contributed by atoms with Crippen LogP contribution in [0.5, 0.6) is 0 Å². The molecule has 26 heavy (non-hydrogen) atoms. The van der Waals surface area contributed by atoms with Gasteiger partial charge in [0.25, 0.3) is 0 Å². The van der Waals surface area contributed by atoms with E-state index in [1.807, 2.05) is 25.2 Å². The molecule has 144 valence electrons. The lowest BCUT2D eigenvalue weighted by atomic mass is 9.73. The number of aromatic nitrogens is 1. The molecule has 1 fully saturated rings. The van der Waals surface area contributed by atoms with Crippen LogP contribution in [0.15, 0.2) is 26.9 Å². The quantitative estimate of drug-likeness (QED) is 0.369. The van der Waals surface area contributed by atoms with Crippen molar-refractivity contribution < 1.29 is 4.42 Å². The molecule has 0 bridgehead atoms. The normalized spacial score (nSPS) is 16.8. The van der Waals surface area contributed by atoms with E-state index in [2.05, 4.69) is 38.1 Å². The predicted octanol–water partition coefficient (Wildman–Crippen LogP) is 4.54. The van der Waals surface area contributed by atoms with E-state index in [9.17, 15) is 0 Å². The third-order valence-electron chi connectivity index (χ3n) is 5.15. The summed E-state index contributed by atoms with van der Waals surface area (Å²) in [5, 5.41) is 9.04. The molecule has 0 radical (unpaired) electrons. The van der Waals surface area contributed by atoms with Crippen molar-refractivity contribution in [1.82, 2.24) is 15.6 Å². The Morgan fingerprint density at radius 1 is 1.27 bits per heavy atom. The van der Waals surface area contributed by atoms with Crippen molar-refractivity contribution in [2.45, 2.75) is 57.9 Å². The molecule has 2 heterocycles. The summed E-state index contributed by atoms with van der Waals surface area (Å²) >= 11 is 1.88. The van der Waals surface area contributed by atoms with Crippen LogP contribution in [0.2, 0.25) is 0 Å². The number of hydrogen-bond acceptors (Lipinski definition) is 4. The van der Waals surface area contributed by atoms with Gasteiger partial charge in [-0.15, -0.1) is 35.3 Å². The molecule has 0 unspecified atom stereocenters. The number of oxazole rings is 1. The van der Waals surface area contributed by atoms with Crippen molar-refractivity contribution in [3.63, 3.8) is 0 Å². The molecule has 2 aromatic rings. The van der Waals surface area contributed by atoms with Gasteiger partial charge in [-0.25, -0.2) is 4.98 Å². The zero-order valence-electron chi connectivity index (χ0n) is 15.8. The number of aliphatic imine (C=N–C) groups is 1. The highest BCUT2D eigenvalue weighted by molar-refractivity contribution is 14.0. The number of thiophene rings is 1. The standard InChI is InChI=1S/C19H28N4OS.HI/c1-14-15(2)24-17(23-14)12-21-18(20-3)22-13-19(9-5-4-6-10-19)16-8-7-11-25-16;/h7-8,11H,4-6,9-10,12-13H2,1-3H3,(H2,20,21,22);1H. The summed E-state index contributed by atoms with van der Waals surface area (Å²) in [4.78, 5) is 10.3. The largest absolute Gasteiger partial charge is 0.444 e. The van der Waals surface area contributed by atoms with Crippen molar-refractivity contribution >= 4 is 41.3 Å². The van der Waals surface area contributed by atoms with Crippen molar-refractivity contribution in [3.8, 4) is 0 Å². The molecule has 0 aliphatic heterocycles. The minimum absolute atomic E-state index is 0. The number of aryl methyl sites for hydroxylation is 2. The summed E-state index contributed by atoms with van der Waals surface area (Å²) in [6.07, 6.45) is 6.45. The van der Waals surface area contributed by atoms with E-state index in [0.717, 1.165) is 24.0 Å². The Morgan fingerprint density at radius 3 is 2.62 bits per heavy atom. The van der Waals surface area contributed by atoms with Gasteiger partial charge in [0.15, 0.2) is 5.96 Å². The molecule has 0 spiro atoms. The lowest BCUT2D eigenvalue weighted by Gasteiger charge is -2.37. The fraction of sp³-hybridized carbons (Fsp3) is 0.579. The van der Waals surface area contributed by atoms with Gasteiger partial charge in [-0.1, -0.05) is 25.3 Å². The molecule has 0 saturated heterocycles. The van der Waals surface area contributed by atoms with Gasteiger partial charge in [0.1, 0.15) is 5.76 Å². The van der Waals surface area contributed by atoms with E-state index in [-0.39, 0.29) is 29.4 Å². The number of nitrogens with zero attached hydrogens (tertiary/aromatic N) is 2. The summed E-state index contributed by atoms with van der Waals surface area (Å²) in [7, 11) is 1.81. The fourth-order valence-corrected chi connectivity index (χ4v) is 4.55. The van der Waals surface area contributed by atoms with Crippen molar-refractivity contribution in [3.05, 3.63) is 39.7 Å². The number of rotatable bonds is 5. The first kappa shape index (κ1) is 21.2. The second-order valence-electron chi connectivity index (χ2n) is 6.85. The van der Waals surface area contributed by atoms with Crippen LogP contribution in [-0.4, -0.2) is 24.5 Å². The van der Waals surface area contributed by atoms with Gasteiger partial charge in [0, 0.05) is 23.9 Å². The Kier molecular flexibility index (Phi) is 7.94. The molecular weight excluding hydrogens is 459 g/mol. The minimum Gasteiger partial charge on any atom is -0.444 e. The van der Waals surface area contributed by atoms with Crippen molar-refractivity contribution in [2.75, 3.05) is 13.6 Å². The molecular formula is C19H29IN4OS. The summed E-state index contributed by atoms with van der Waals surface area (Å²) in [5.74, 6) is 2.37. The fourth-order valence-electron chi connectivity index (χ4n) is 3.57. The summed E-state index contributed by atoms with van der Waals surface area (Å²) in [6, 6.07) is 4.45. The van der Waals surface area contributed by atoms with Crippen molar-refractivity contribution in [2.24, 2.45) is 4.99 Å². The Balaban J connectivity index is 0.00000243. The van der Waals surface area contributed by atoms with Gasteiger partial charge < -0.3 is 15.1 Å². The molecule has 0 amide bonds.